The molecule has 2 heterocycles. The lowest BCUT2D eigenvalue weighted by molar-refractivity contribution is -0.194. The lowest BCUT2D eigenvalue weighted by Crippen LogP contribution is -2.52. The van der Waals surface area contributed by atoms with Gasteiger partial charge in [0.2, 0.25) is 0 Å². The number of carbonyl (C=O) groups excluding carboxylic acids is 3. The summed E-state index contributed by atoms with van der Waals surface area (Å²) in [7, 11) is 0. The van der Waals surface area contributed by atoms with Gasteiger partial charge in [0.05, 0.1) is 49.8 Å². The molecule has 13 nitrogen and oxygen atoms in total. The van der Waals surface area contributed by atoms with Gasteiger partial charge in [-0.05, 0) is 70.7 Å². The average Bonchev–Trinajstić information content (AvgIpc) is 3.82. The smallest absolute Gasteiger partial charge is 0.338 e. The van der Waals surface area contributed by atoms with Crippen molar-refractivity contribution in [2.24, 2.45) is 11.8 Å². The van der Waals surface area contributed by atoms with Crippen LogP contribution in [0.5, 0.6) is 0 Å². The lowest BCUT2D eigenvalue weighted by Gasteiger charge is -2.39. The van der Waals surface area contributed by atoms with Gasteiger partial charge >= 0.3 is 23.9 Å². The second kappa shape index (κ2) is 22.3. The van der Waals surface area contributed by atoms with Gasteiger partial charge in [-0.15, -0.1) is 0 Å². The number of aliphatic hydroxyl groups is 2. The van der Waals surface area contributed by atoms with Crippen LogP contribution in [0.4, 0.5) is 5.69 Å². The highest BCUT2D eigenvalue weighted by molar-refractivity contribution is 5.89. The Hall–Kier alpha value is -3.52. The van der Waals surface area contributed by atoms with Crippen LogP contribution in [-0.4, -0.2) is 95.6 Å². The molecule has 0 radical (unpaired) electrons. The number of aliphatic hydroxyl groups excluding tert-OH is 2. The summed E-state index contributed by atoms with van der Waals surface area (Å²) < 4.78 is 27.2. The molecule has 0 amide bonds. The zero-order valence-corrected chi connectivity index (χ0v) is 30.1. The van der Waals surface area contributed by atoms with E-state index in [4.69, 9.17) is 34.5 Å². The fourth-order valence-corrected chi connectivity index (χ4v) is 5.74. The number of rotatable bonds is 19. The third-order valence-corrected chi connectivity index (χ3v) is 8.79. The van der Waals surface area contributed by atoms with Crippen LogP contribution in [0.1, 0.15) is 103 Å². The largest absolute Gasteiger partial charge is 0.481 e. The number of nitrogen functional groups attached to an aromatic ring is 1. The van der Waals surface area contributed by atoms with Crippen molar-refractivity contribution in [1.82, 2.24) is 0 Å². The van der Waals surface area contributed by atoms with Crippen LogP contribution in [0.3, 0.4) is 0 Å². The molecule has 50 heavy (non-hydrogen) atoms. The van der Waals surface area contributed by atoms with E-state index in [1.807, 2.05) is 6.92 Å². The minimum absolute atomic E-state index is 0.0124. The maximum Gasteiger partial charge on any atom is 0.338 e. The predicted octanol–water partition coefficient (Wildman–Crippen LogP) is 4.61. The number of anilines is 1. The first kappa shape index (κ1) is 42.6. The van der Waals surface area contributed by atoms with E-state index in [9.17, 15) is 29.4 Å². The number of nitrogens with two attached hydrogens (primary N) is 1. The Balaban J connectivity index is 0.000000606. The van der Waals surface area contributed by atoms with Crippen LogP contribution in [0.25, 0.3) is 0 Å². The van der Waals surface area contributed by atoms with Gasteiger partial charge in [0.25, 0.3) is 0 Å². The Labute approximate surface area is 295 Å². The molecule has 3 rings (SSSR count). The molecule has 0 saturated carbocycles. The molecule has 0 bridgehead atoms. The summed E-state index contributed by atoms with van der Waals surface area (Å²) in [5.74, 6) is -2.34. The minimum Gasteiger partial charge on any atom is -0.481 e. The molecular weight excluding hydrogens is 650 g/mol. The number of hydrogen-bond acceptors (Lipinski definition) is 12. The van der Waals surface area contributed by atoms with E-state index in [0.29, 0.717) is 49.3 Å². The van der Waals surface area contributed by atoms with E-state index in [1.165, 1.54) is 13.0 Å². The highest BCUT2D eigenvalue weighted by Crippen LogP contribution is 2.39. The predicted molar refractivity (Wildman–Crippen MR) is 185 cm³/mol. The van der Waals surface area contributed by atoms with Crippen LogP contribution in [0, 0.1) is 11.8 Å². The average molecular weight is 708 g/mol. The first-order chi connectivity index (χ1) is 23.7. The third kappa shape index (κ3) is 16.0. The summed E-state index contributed by atoms with van der Waals surface area (Å²) in [4.78, 5) is 45.5. The van der Waals surface area contributed by atoms with Gasteiger partial charge in [-0.3, -0.25) is 9.59 Å². The van der Waals surface area contributed by atoms with Crippen LogP contribution in [-0.2, 0) is 38.1 Å². The van der Waals surface area contributed by atoms with E-state index in [0.717, 1.165) is 32.1 Å². The topological polar surface area (TPSA) is 204 Å². The number of unbranched alkanes of at least 4 members (excludes halogenated alkanes) is 5. The third-order valence-electron chi connectivity index (χ3n) is 8.79. The zero-order chi connectivity index (χ0) is 37.2. The second-order valence-corrected chi connectivity index (χ2v) is 13.1. The number of benzene rings is 1. The molecular formula is C37H57NO12. The molecule has 0 unspecified atom stereocenters. The molecule has 2 aliphatic rings. The van der Waals surface area contributed by atoms with Crippen LogP contribution in [0.15, 0.2) is 35.9 Å². The monoisotopic (exact) mass is 707 g/mol. The summed E-state index contributed by atoms with van der Waals surface area (Å²) in [5.41, 5.74) is 7.32. The molecule has 0 spiro atoms. The molecule has 5 N–H and O–H groups in total. The Morgan fingerprint density at radius 2 is 1.62 bits per heavy atom. The first-order valence-electron chi connectivity index (χ1n) is 17.6. The van der Waals surface area contributed by atoms with Crippen molar-refractivity contribution in [2.45, 2.75) is 129 Å². The van der Waals surface area contributed by atoms with Crippen LogP contribution < -0.4 is 5.73 Å². The SMILES string of the molecule is CC(=O)O[C@@H]1[C@H](O)[C@@H](C[C@@H]2O[C@H]2[C@@H](C)[C@H](C)O)CO[C@H]1C/C(C)=C/C(=O)OCCCCCCCCC(=O)O.CCOC(=O)c1ccc(N)cc1. The second-order valence-electron chi connectivity index (χ2n) is 13.1. The fourth-order valence-electron chi connectivity index (χ4n) is 5.74. The first-order valence-corrected chi connectivity index (χ1v) is 17.6. The zero-order valence-electron chi connectivity index (χ0n) is 30.1. The molecule has 2 saturated heterocycles. The summed E-state index contributed by atoms with van der Waals surface area (Å²) in [5, 5.41) is 29.4. The van der Waals surface area contributed by atoms with Crippen molar-refractivity contribution in [2.75, 3.05) is 25.6 Å². The summed E-state index contributed by atoms with van der Waals surface area (Å²) in [6.45, 7) is 9.45. The van der Waals surface area contributed by atoms with Crippen molar-refractivity contribution in [3.63, 3.8) is 0 Å². The van der Waals surface area contributed by atoms with Crippen molar-refractivity contribution >= 4 is 29.6 Å². The van der Waals surface area contributed by atoms with Crippen molar-refractivity contribution in [3.05, 3.63) is 41.5 Å². The molecule has 13 heteroatoms. The maximum atomic E-state index is 12.2. The molecule has 2 aliphatic heterocycles. The molecule has 1 aromatic carbocycles. The number of esters is 3. The molecule has 2 fully saturated rings. The minimum atomic E-state index is -0.937. The van der Waals surface area contributed by atoms with Gasteiger partial charge in [-0.1, -0.05) is 38.2 Å². The van der Waals surface area contributed by atoms with E-state index in [1.54, 1.807) is 45.0 Å². The fraction of sp³-hybridized carbons (Fsp3) is 0.676. The highest BCUT2D eigenvalue weighted by atomic mass is 16.6. The molecule has 0 aliphatic carbocycles. The van der Waals surface area contributed by atoms with E-state index in [-0.39, 0.29) is 43.0 Å². The Morgan fingerprint density at radius 1 is 0.980 bits per heavy atom. The number of ether oxygens (including phenoxy) is 5. The molecule has 282 valence electrons. The van der Waals surface area contributed by atoms with Gasteiger partial charge in [0.1, 0.15) is 6.10 Å². The highest BCUT2D eigenvalue weighted by Gasteiger charge is 2.49. The Bertz CT molecular complexity index is 1230. The van der Waals surface area contributed by atoms with Crippen molar-refractivity contribution < 1.29 is 58.2 Å². The lowest BCUT2D eigenvalue weighted by atomic mass is 9.85. The van der Waals surface area contributed by atoms with Gasteiger partial charge in [-0.2, -0.15) is 0 Å². The van der Waals surface area contributed by atoms with Crippen molar-refractivity contribution in [3.8, 4) is 0 Å². The number of hydrogen-bond donors (Lipinski definition) is 4. The number of epoxide rings is 1. The molecule has 1 aromatic rings. The quantitative estimate of drug-likeness (QED) is 0.0388. The molecule has 0 aromatic heterocycles. The van der Waals surface area contributed by atoms with E-state index < -0.39 is 42.3 Å². The number of carbonyl (C=O) groups is 4. The van der Waals surface area contributed by atoms with E-state index in [2.05, 4.69) is 0 Å². The summed E-state index contributed by atoms with van der Waals surface area (Å²) >= 11 is 0. The summed E-state index contributed by atoms with van der Waals surface area (Å²) in [6.07, 6.45) is 4.58. The Kier molecular flexibility index (Phi) is 19.0. The van der Waals surface area contributed by atoms with Crippen molar-refractivity contribution in [1.29, 1.82) is 0 Å². The van der Waals surface area contributed by atoms with Crippen LogP contribution >= 0.6 is 0 Å². The molecule has 8 atom stereocenters. The van der Waals surface area contributed by atoms with Gasteiger partial charge in [0, 0.05) is 36.9 Å². The number of carboxylic acid groups (broad SMARTS) is 1. The normalized spacial score (nSPS) is 24.2. The maximum absolute atomic E-state index is 12.2. The standard InChI is InChI=1S/C28H46O10.C9H11NO2/c1-17(14-25(33)35-12-10-8-6-5-7-9-11-24(31)32)13-22-28(37-20(4)30)26(34)21(16-36-22)15-23-27(38-23)18(2)19(3)29;1-2-12-9(11)7-3-5-8(10)6-4-7/h14,18-19,21-23,26-29,34H,5-13,15-16H2,1-4H3,(H,31,32);3-6H,2,10H2,1H3/b17-14+;/t18-,19-,21-,22-,23-,26+,27-,28-;/m0./s1. The number of aliphatic carboxylic acids is 1. The summed E-state index contributed by atoms with van der Waals surface area (Å²) in [6, 6.07) is 6.64. The van der Waals surface area contributed by atoms with Gasteiger partial charge in [0.15, 0.2) is 6.10 Å². The van der Waals surface area contributed by atoms with Gasteiger partial charge in [-0.25, -0.2) is 9.59 Å². The van der Waals surface area contributed by atoms with E-state index >= 15 is 0 Å². The Morgan fingerprint density at radius 3 is 2.22 bits per heavy atom. The van der Waals surface area contributed by atoms with Crippen LogP contribution in [0.2, 0.25) is 0 Å². The van der Waals surface area contributed by atoms with Gasteiger partial charge < -0.3 is 44.7 Å². The number of carboxylic acids is 1.